The number of esters is 1. The topological polar surface area (TPSA) is 38.8 Å². The molecule has 1 fully saturated rings. The number of ether oxygens (including phenoxy) is 2. The van der Waals surface area contributed by atoms with Crippen molar-refractivity contribution in [1.29, 1.82) is 0 Å². The molecule has 0 heterocycles. The van der Waals surface area contributed by atoms with Crippen LogP contribution < -0.4 is 4.74 Å². The average molecular weight is 291 g/mol. The van der Waals surface area contributed by atoms with Gasteiger partial charge in [0.2, 0.25) is 0 Å². The van der Waals surface area contributed by atoms with Crippen LogP contribution in [0.5, 0.6) is 5.75 Å². The fourth-order valence-corrected chi connectivity index (χ4v) is 2.45. The van der Waals surface area contributed by atoms with Crippen LogP contribution >= 0.6 is 0 Å². The van der Waals surface area contributed by atoms with Crippen molar-refractivity contribution in [2.45, 2.75) is 38.2 Å². The van der Waals surface area contributed by atoms with Gasteiger partial charge in [-0.1, -0.05) is 6.42 Å². The monoisotopic (exact) mass is 291 g/mol. The minimum absolute atomic E-state index is 0.277. The van der Waals surface area contributed by atoms with Crippen molar-refractivity contribution in [2.24, 2.45) is 0 Å². The summed E-state index contributed by atoms with van der Waals surface area (Å²) in [5, 5.41) is 0. The van der Waals surface area contributed by atoms with E-state index in [1.165, 1.54) is 19.3 Å². The zero-order chi connectivity index (χ0) is 15.1. The van der Waals surface area contributed by atoms with Gasteiger partial charge in [-0.25, -0.2) is 4.79 Å². The first-order valence-corrected chi connectivity index (χ1v) is 7.74. The van der Waals surface area contributed by atoms with E-state index in [9.17, 15) is 4.79 Å². The fraction of sp³-hybridized carbons (Fsp3) is 0.588. The Balaban J connectivity index is 1.81. The summed E-state index contributed by atoms with van der Waals surface area (Å²) in [6.45, 7) is 1.14. The summed E-state index contributed by atoms with van der Waals surface area (Å²) in [5.74, 6) is 0.563. The van der Waals surface area contributed by atoms with Crippen LogP contribution in [-0.4, -0.2) is 44.2 Å². The Kier molecular flexibility index (Phi) is 6.05. The molecule has 0 bridgehead atoms. The highest BCUT2D eigenvalue weighted by molar-refractivity contribution is 5.89. The smallest absolute Gasteiger partial charge is 0.338 e. The van der Waals surface area contributed by atoms with Gasteiger partial charge >= 0.3 is 5.97 Å². The molecule has 0 saturated heterocycles. The number of rotatable bonds is 6. The van der Waals surface area contributed by atoms with Crippen molar-refractivity contribution in [3.05, 3.63) is 29.8 Å². The minimum Gasteiger partial charge on any atom is -0.490 e. The molecule has 1 aromatic rings. The van der Waals surface area contributed by atoms with E-state index in [0.29, 0.717) is 18.3 Å². The van der Waals surface area contributed by atoms with E-state index >= 15 is 0 Å². The number of carbonyl (C=O) groups is 1. The molecular weight excluding hydrogens is 266 g/mol. The van der Waals surface area contributed by atoms with Gasteiger partial charge in [0, 0.05) is 6.54 Å². The van der Waals surface area contributed by atoms with Crippen LogP contribution in [0, 0.1) is 0 Å². The summed E-state index contributed by atoms with van der Waals surface area (Å²) in [6, 6.07) is 7.26. The summed E-state index contributed by atoms with van der Waals surface area (Å²) >= 11 is 0. The molecular formula is C17H25NO3. The molecule has 1 aliphatic rings. The Hall–Kier alpha value is -1.55. The lowest BCUT2D eigenvalue weighted by Gasteiger charge is -2.23. The third-order valence-corrected chi connectivity index (χ3v) is 3.72. The molecule has 0 aliphatic heterocycles. The van der Waals surface area contributed by atoms with Gasteiger partial charge in [0.25, 0.3) is 0 Å². The molecule has 0 atom stereocenters. The number of benzene rings is 1. The van der Waals surface area contributed by atoms with E-state index in [-0.39, 0.29) is 5.97 Å². The van der Waals surface area contributed by atoms with Crippen molar-refractivity contribution in [3.63, 3.8) is 0 Å². The number of nitrogens with zero attached hydrogens (tertiary/aromatic N) is 1. The molecule has 1 aromatic carbocycles. The van der Waals surface area contributed by atoms with Gasteiger partial charge in [-0.2, -0.15) is 0 Å². The minimum atomic E-state index is -0.277. The Morgan fingerprint density at radius 3 is 2.43 bits per heavy atom. The van der Waals surface area contributed by atoms with Crippen molar-refractivity contribution >= 4 is 5.97 Å². The number of hydrogen-bond acceptors (Lipinski definition) is 4. The highest BCUT2D eigenvalue weighted by Gasteiger charge is 2.15. The second kappa shape index (κ2) is 8.03. The van der Waals surface area contributed by atoms with E-state index in [0.717, 1.165) is 25.1 Å². The Labute approximate surface area is 127 Å². The third kappa shape index (κ3) is 5.38. The predicted molar refractivity (Wildman–Crippen MR) is 82.8 cm³/mol. The van der Waals surface area contributed by atoms with E-state index in [2.05, 4.69) is 0 Å². The van der Waals surface area contributed by atoms with Crippen LogP contribution in [0.1, 0.15) is 42.5 Å². The molecule has 116 valence electrons. The second-order valence-electron chi connectivity index (χ2n) is 5.84. The largest absolute Gasteiger partial charge is 0.490 e. The van der Waals surface area contributed by atoms with E-state index in [1.54, 1.807) is 12.1 Å². The summed E-state index contributed by atoms with van der Waals surface area (Å²) in [4.78, 5) is 13.8. The maximum Gasteiger partial charge on any atom is 0.338 e. The molecule has 4 nitrogen and oxygen atoms in total. The SMILES string of the molecule is CN(C)CCOC(=O)c1ccc(OC2CCCCC2)cc1. The zero-order valence-electron chi connectivity index (χ0n) is 13.0. The third-order valence-electron chi connectivity index (χ3n) is 3.72. The van der Waals surface area contributed by atoms with Gasteiger partial charge in [0.15, 0.2) is 0 Å². The molecule has 1 saturated carbocycles. The van der Waals surface area contributed by atoms with Gasteiger partial charge < -0.3 is 14.4 Å². The van der Waals surface area contributed by atoms with E-state index in [1.807, 2.05) is 31.1 Å². The van der Waals surface area contributed by atoms with Crippen LogP contribution in [0.4, 0.5) is 0 Å². The van der Waals surface area contributed by atoms with Crippen molar-refractivity contribution in [3.8, 4) is 5.75 Å². The number of hydrogen-bond donors (Lipinski definition) is 0. The quantitative estimate of drug-likeness (QED) is 0.755. The van der Waals surface area contributed by atoms with Gasteiger partial charge in [-0.3, -0.25) is 0 Å². The fourth-order valence-electron chi connectivity index (χ4n) is 2.45. The van der Waals surface area contributed by atoms with Crippen LogP contribution in [0.2, 0.25) is 0 Å². The lowest BCUT2D eigenvalue weighted by atomic mass is 9.98. The maximum absolute atomic E-state index is 11.8. The molecule has 1 aliphatic carbocycles. The van der Waals surface area contributed by atoms with Gasteiger partial charge in [-0.05, 0) is 64.0 Å². The molecule has 0 amide bonds. The first-order chi connectivity index (χ1) is 10.1. The van der Waals surface area contributed by atoms with E-state index in [4.69, 9.17) is 9.47 Å². The summed E-state index contributed by atoms with van der Waals surface area (Å²) in [6.07, 6.45) is 6.42. The highest BCUT2D eigenvalue weighted by Crippen LogP contribution is 2.23. The first kappa shape index (κ1) is 15.8. The van der Waals surface area contributed by atoms with Crippen molar-refractivity contribution in [1.82, 2.24) is 4.90 Å². The Morgan fingerprint density at radius 2 is 1.81 bits per heavy atom. The van der Waals surface area contributed by atoms with Gasteiger partial charge in [0.05, 0.1) is 11.7 Å². The normalized spacial score (nSPS) is 16.0. The summed E-state index contributed by atoms with van der Waals surface area (Å²) in [7, 11) is 3.90. The molecule has 21 heavy (non-hydrogen) atoms. The molecule has 0 N–H and O–H groups in total. The van der Waals surface area contributed by atoms with Crippen molar-refractivity contribution in [2.75, 3.05) is 27.2 Å². The van der Waals surface area contributed by atoms with E-state index < -0.39 is 0 Å². The lowest BCUT2D eigenvalue weighted by molar-refractivity contribution is 0.0482. The van der Waals surface area contributed by atoms with Crippen LogP contribution in [-0.2, 0) is 4.74 Å². The van der Waals surface area contributed by atoms with Crippen LogP contribution in [0.15, 0.2) is 24.3 Å². The predicted octanol–water partition coefficient (Wildman–Crippen LogP) is 3.12. The first-order valence-electron chi connectivity index (χ1n) is 7.74. The molecule has 2 rings (SSSR count). The maximum atomic E-state index is 11.8. The second-order valence-corrected chi connectivity index (χ2v) is 5.84. The van der Waals surface area contributed by atoms with Gasteiger partial charge in [-0.15, -0.1) is 0 Å². The lowest BCUT2D eigenvalue weighted by Crippen LogP contribution is -2.20. The van der Waals surface area contributed by atoms with Crippen molar-refractivity contribution < 1.29 is 14.3 Å². The average Bonchev–Trinajstić information content (AvgIpc) is 2.48. The molecule has 0 radical (unpaired) electrons. The summed E-state index contributed by atoms with van der Waals surface area (Å²) in [5.41, 5.74) is 0.574. The molecule has 0 spiro atoms. The molecule has 0 unspecified atom stereocenters. The number of likely N-dealkylation sites (N-methyl/N-ethyl adjacent to an activating group) is 1. The molecule has 4 heteroatoms. The Morgan fingerprint density at radius 1 is 1.14 bits per heavy atom. The van der Waals surface area contributed by atoms with Crippen LogP contribution in [0.25, 0.3) is 0 Å². The number of carbonyl (C=O) groups excluding carboxylic acids is 1. The Bertz CT molecular complexity index is 436. The highest BCUT2D eigenvalue weighted by atomic mass is 16.5. The summed E-state index contributed by atoms with van der Waals surface area (Å²) < 4.78 is 11.2. The zero-order valence-corrected chi connectivity index (χ0v) is 13.0. The molecule has 0 aromatic heterocycles. The standard InChI is InChI=1S/C17H25NO3/c1-18(2)12-13-20-17(19)14-8-10-16(11-9-14)21-15-6-4-3-5-7-15/h8-11,15H,3-7,12-13H2,1-2H3. The van der Waals surface area contributed by atoms with Gasteiger partial charge in [0.1, 0.15) is 12.4 Å². The van der Waals surface area contributed by atoms with Crippen LogP contribution in [0.3, 0.4) is 0 Å².